The van der Waals surface area contributed by atoms with Crippen LogP contribution in [0.4, 0.5) is 0 Å². The summed E-state index contributed by atoms with van der Waals surface area (Å²) in [6.07, 6.45) is 0. The second-order valence-electron chi connectivity index (χ2n) is 6.01. The fraction of sp³-hybridized carbons (Fsp3) is 0.389. The van der Waals surface area contributed by atoms with E-state index in [9.17, 15) is 0 Å². The van der Waals surface area contributed by atoms with Crippen molar-refractivity contribution in [3.8, 4) is 5.88 Å². The summed E-state index contributed by atoms with van der Waals surface area (Å²) >= 11 is 1.84. The van der Waals surface area contributed by atoms with Gasteiger partial charge in [0.2, 0.25) is 5.88 Å². The van der Waals surface area contributed by atoms with Crippen LogP contribution in [0.3, 0.4) is 0 Å². The van der Waals surface area contributed by atoms with Gasteiger partial charge in [-0.2, -0.15) is 5.10 Å². The predicted octanol–water partition coefficient (Wildman–Crippen LogP) is 4.06. The summed E-state index contributed by atoms with van der Waals surface area (Å²) in [7, 11) is 3.64. The average molecular weight is 329 g/mol. The van der Waals surface area contributed by atoms with Gasteiger partial charge in [0.1, 0.15) is 0 Å². The van der Waals surface area contributed by atoms with Crippen molar-refractivity contribution in [3.63, 3.8) is 0 Å². The molecule has 0 aliphatic heterocycles. The van der Waals surface area contributed by atoms with Gasteiger partial charge in [-0.15, -0.1) is 11.3 Å². The first-order valence-corrected chi connectivity index (χ1v) is 8.69. The summed E-state index contributed by atoms with van der Waals surface area (Å²) < 4.78 is 8.68. The summed E-state index contributed by atoms with van der Waals surface area (Å²) in [5.41, 5.74) is 2.26. The highest BCUT2D eigenvalue weighted by molar-refractivity contribution is 7.19. The van der Waals surface area contributed by atoms with Crippen molar-refractivity contribution in [2.24, 2.45) is 7.05 Å². The van der Waals surface area contributed by atoms with Crippen LogP contribution in [-0.2, 0) is 20.1 Å². The highest BCUT2D eigenvalue weighted by atomic mass is 32.1. The van der Waals surface area contributed by atoms with E-state index < -0.39 is 0 Å². The van der Waals surface area contributed by atoms with E-state index in [1.54, 1.807) is 7.11 Å². The number of ether oxygens (including phenoxy) is 1. The van der Waals surface area contributed by atoms with Gasteiger partial charge in [0, 0.05) is 29.7 Å². The molecule has 5 heteroatoms. The van der Waals surface area contributed by atoms with Crippen LogP contribution in [0.15, 0.2) is 30.3 Å². The Morgan fingerprint density at radius 2 is 2.04 bits per heavy atom. The molecule has 0 spiro atoms. The van der Waals surface area contributed by atoms with Crippen LogP contribution in [0.2, 0.25) is 0 Å². The van der Waals surface area contributed by atoms with Gasteiger partial charge in [0.25, 0.3) is 0 Å². The lowest BCUT2D eigenvalue weighted by atomic mass is 10.1. The minimum absolute atomic E-state index is 0.381. The van der Waals surface area contributed by atoms with E-state index in [-0.39, 0.29) is 0 Å². The molecule has 2 heterocycles. The van der Waals surface area contributed by atoms with Gasteiger partial charge in [-0.05, 0) is 23.4 Å². The van der Waals surface area contributed by atoms with E-state index >= 15 is 0 Å². The monoisotopic (exact) mass is 329 g/mol. The normalized spacial score (nSPS) is 11.5. The number of hydrogen-bond acceptors (Lipinski definition) is 4. The van der Waals surface area contributed by atoms with Crippen LogP contribution in [0.25, 0.3) is 10.1 Å². The fourth-order valence-electron chi connectivity index (χ4n) is 2.89. The van der Waals surface area contributed by atoms with Crippen LogP contribution in [-0.4, -0.2) is 16.9 Å². The third-order valence-electron chi connectivity index (χ3n) is 3.94. The molecule has 23 heavy (non-hydrogen) atoms. The van der Waals surface area contributed by atoms with Crippen LogP contribution < -0.4 is 10.1 Å². The lowest BCUT2D eigenvalue weighted by Gasteiger charge is -2.08. The smallest absolute Gasteiger partial charge is 0.216 e. The first-order chi connectivity index (χ1) is 11.1. The topological polar surface area (TPSA) is 39.1 Å². The molecular weight excluding hydrogens is 306 g/mol. The number of fused-ring (bicyclic) bond motifs is 1. The number of rotatable bonds is 6. The Labute approximate surface area is 141 Å². The van der Waals surface area contributed by atoms with Crippen LogP contribution in [0, 0.1) is 0 Å². The fourth-order valence-corrected chi connectivity index (χ4v) is 3.93. The Balaban J connectivity index is 1.73. The second kappa shape index (κ2) is 6.72. The molecule has 1 aromatic carbocycles. The first-order valence-electron chi connectivity index (χ1n) is 7.88. The lowest BCUT2D eigenvalue weighted by molar-refractivity contribution is 0.368. The van der Waals surface area contributed by atoms with E-state index in [1.165, 1.54) is 15.0 Å². The SMILES string of the molecule is COc1c(CNCc2cc3ccccc3s2)c(C(C)C)nn1C. The van der Waals surface area contributed by atoms with Crippen molar-refractivity contribution in [2.45, 2.75) is 32.9 Å². The molecule has 0 atom stereocenters. The number of benzene rings is 1. The third-order valence-corrected chi connectivity index (χ3v) is 5.05. The Bertz CT molecular complexity index is 771. The molecule has 4 nitrogen and oxygen atoms in total. The van der Waals surface area contributed by atoms with Crippen molar-refractivity contribution in [2.75, 3.05) is 7.11 Å². The molecule has 0 unspecified atom stereocenters. The summed E-state index contributed by atoms with van der Waals surface area (Å²) in [4.78, 5) is 1.35. The minimum Gasteiger partial charge on any atom is -0.481 e. The maximum Gasteiger partial charge on any atom is 0.216 e. The van der Waals surface area contributed by atoms with Gasteiger partial charge in [-0.25, -0.2) is 4.68 Å². The zero-order chi connectivity index (χ0) is 16.4. The lowest BCUT2D eigenvalue weighted by Crippen LogP contribution is -2.13. The van der Waals surface area contributed by atoms with Crippen molar-refractivity contribution in [3.05, 3.63) is 46.5 Å². The summed E-state index contributed by atoms with van der Waals surface area (Å²) in [5, 5.41) is 9.45. The standard InChI is InChI=1S/C18H23N3OS/c1-12(2)17-15(18(22-4)21(3)20-17)11-19-10-14-9-13-7-5-6-8-16(13)23-14/h5-9,12,19H,10-11H2,1-4H3. The molecule has 0 amide bonds. The summed E-state index contributed by atoms with van der Waals surface area (Å²) in [5.74, 6) is 1.23. The van der Waals surface area contributed by atoms with Gasteiger partial charge in [-0.3, -0.25) is 0 Å². The Kier molecular flexibility index (Phi) is 4.68. The molecule has 122 valence electrons. The van der Waals surface area contributed by atoms with Crippen LogP contribution in [0.5, 0.6) is 5.88 Å². The number of methoxy groups -OCH3 is 1. The van der Waals surface area contributed by atoms with Gasteiger partial charge in [0.05, 0.1) is 18.4 Å². The van der Waals surface area contributed by atoms with Crippen molar-refractivity contribution in [1.82, 2.24) is 15.1 Å². The van der Waals surface area contributed by atoms with Crippen molar-refractivity contribution >= 4 is 21.4 Å². The highest BCUT2D eigenvalue weighted by Crippen LogP contribution is 2.28. The molecule has 1 N–H and O–H groups in total. The maximum absolute atomic E-state index is 5.52. The van der Waals surface area contributed by atoms with Crippen LogP contribution >= 0.6 is 11.3 Å². The molecule has 0 aliphatic rings. The second-order valence-corrected chi connectivity index (χ2v) is 7.17. The molecule has 0 aliphatic carbocycles. The number of thiophene rings is 1. The molecule has 3 rings (SSSR count). The molecule has 3 aromatic rings. The largest absolute Gasteiger partial charge is 0.481 e. The molecule has 0 radical (unpaired) electrons. The van der Waals surface area contributed by atoms with Crippen molar-refractivity contribution < 1.29 is 4.74 Å². The van der Waals surface area contributed by atoms with Crippen LogP contribution in [0.1, 0.15) is 35.9 Å². The third kappa shape index (κ3) is 3.26. The Morgan fingerprint density at radius 3 is 2.74 bits per heavy atom. The molecule has 0 saturated carbocycles. The van der Waals surface area contributed by atoms with Gasteiger partial charge >= 0.3 is 0 Å². The predicted molar refractivity (Wildman–Crippen MR) is 96.2 cm³/mol. The summed E-state index contributed by atoms with van der Waals surface area (Å²) in [6, 6.07) is 10.8. The van der Waals surface area contributed by atoms with E-state index in [2.05, 4.69) is 54.6 Å². The van der Waals surface area contributed by atoms with Gasteiger partial charge in [-0.1, -0.05) is 32.0 Å². The molecule has 0 saturated heterocycles. The average Bonchev–Trinajstić information content (AvgIpc) is 3.07. The van der Waals surface area contributed by atoms with E-state index in [1.807, 2.05) is 23.1 Å². The Hall–Kier alpha value is -1.85. The van der Waals surface area contributed by atoms with Gasteiger partial charge in [0.15, 0.2) is 0 Å². The molecule has 0 fully saturated rings. The number of nitrogens with one attached hydrogen (secondary N) is 1. The number of aromatic nitrogens is 2. The summed E-state index contributed by atoms with van der Waals surface area (Å²) in [6.45, 7) is 5.95. The van der Waals surface area contributed by atoms with E-state index in [4.69, 9.17) is 4.74 Å². The number of aryl methyl sites for hydroxylation is 1. The molecule has 0 bridgehead atoms. The number of hydrogen-bond donors (Lipinski definition) is 1. The van der Waals surface area contributed by atoms with Gasteiger partial charge < -0.3 is 10.1 Å². The zero-order valence-electron chi connectivity index (χ0n) is 14.1. The first kappa shape index (κ1) is 16.0. The Morgan fingerprint density at radius 1 is 1.26 bits per heavy atom. The van der Waals surface area contributed by atoms with Crippen molar-refractivity contribution in [1.29, 1.82) is 0 Å². The highest BCUT2D eigenvalue weighted by Gasteiger charge is 2.18. The molecular formula is C18H23N3OS. The maximum atomic E-state index is 5.52. The molecule has 2 aromatic heterocycles. The minimum atomic E-state index is 0.381. The quantitative estimate of drug-likeness (QED) is 0.741. The van der Waals surface area contributed by atoms with E-state index in [0.29, 0.717) is 5.92 Å². The zero-order valence-corrected chi connectivity index (χ0v) is 14.9. The van der Waals surface area contributed by atoms with E-state index in [0.717, 1.165) is 30.2 Å². The number of nitrogens with zero attached hydrogens (tertiary/aromatic N) is 2.